The topological polar surface area (TPSA) is 84.2 Å². The van der Waals surface area contributed by atoms with E-state index in [1.54, 1.807) is 11.9 Å². The van der Waals surface area contributed by atoms with E-state index in [1.807, 2.05) is 6.92 Å². The van der Waals surface area contributed by atoms with Gasteiger partial charge in [0.15, 0.2) is 5.69 Å². The van der Waals surface area contributed by atoms with Crippen molar-refractivity contribution in [3.8, 4) is 0 Å². The van der Waals surface area contributed by atoms with Crippen LogP contribution in [0.25, 0.3) is 0 Å². The molecule has 1 aromatic rings. The molecule has 1 saturated heterocycles. The summed E-state index contributed by atoms with van der Waals surface area (Å²) in [6, 6.07) is 0.128. The lowest BCUT2D eigenvalue weighted by atomic mass is 10.2. The van der Waals surface area contributed by atoms with E-state index >= 15 is 0 Å². The fraction of sp³-hybridized carbons (Fsp3) is 0.636. The van der Waals surface area contributed by atoms with E-state index in [4.69, 9.17) is 10.5 Å². The van der Waals surface area contributed by atoms with Gasteiger partial charge in [-0.3, -0.25) is 9.89 Å². The highest BCUT2D eigenvalue weighted by molar-refractivity contribution is 5.97. The van der Waals surface area contributed by atoms with Crippen LogP contribution in [0, 0.1) is 0 Å². The van der Waals surface area contributed by atoms with Crippen LogP contribution in [0.4, 0.5) is 5.69 Å². The van der Waals surface area contributed by atoms with Gasteiger partial charge in [-0.25, -0.2) is 0 Å². The highest BCUT2D eigenvalue weighted by Gasteiger charge is 2.28. The van der Waals surface area contributed by atoms with Crippen LogP contribution in [0.15, 0.2) is 0 Å². The predicted octanol–water partition coefficient (Wildman–Crippen LogP) is 0.415. The van der Waals surface area contributed by atoms with Gasteiger partial charge in [0.05, 0.1) is 24.0 Å². The first-order chi connectivity index (χ1) is 8.15. The van der Waals surface area contributed by atoms with Gasteiger partial charge >= 0.3 is 0 Å². The van der Waals surface area contributed by atoms with E-state index < -0.39 is 0 Å². The van der Waals surface area contributed by atoms with Crippen molar-refractivity contribution in [2.45, 2.75) is 25.8 Å². The fourth-order valence-electron chi connectivity index (χ4n) is 1.98. The summed E-state index contributed by atoms with van der Waals surface area (Å²) < 4.78 is 5.27. The monoisotopic (exact) mass is 238 g/mol. The molecule has 1 amide bonds. The summed E-state index contributed by atoms with van der Waals surface area (Å²) in [5.41, 5.74) is 7.47. The Morgan fingerprint density at radius 3 is 3.00 bits per heavy atom. The number of anilines is 1. The summed E-state index contributed by atoms with van der Waals surface area (Å²) >= 11 is 0. The number of hydrogen-bond donors (Lipinski definition) is 2. The zero-order valence-corrected chi connectivity index (χ0v) is 10.2. The van der Waals surface area contributed by atoms with Crippen LogP contribution in [-0.4, -0.2) is 47.3 Å². The molecular weight excluding hydrogens is 220 g/mol. The third kappa shape index (κ3) is 2.12. The SMILES string of the molecule is CCc1[nH]nc(C(=O)N(C)C2CCOC2)c1N. The fourth-order valence-corrected chi connectivity index (χ4v) is 1.98. The number of aryl methyl sites for hydroxylation is 1. The molecular formula is C11H18N4O2. The maximum Gasteiger partial charge on any atom is 0.276 e. The third-order valence-electron chi connectivity index (χ3n) is 3.21. The quantitative estimate of drug-likeness (QED) is 0.799. The molecule has 1 aliphatic rings. The third-order valence-corrected chi connectivity index (χ3v) is 3.21. The molecule has 0 bridgehead atoms. The molecule has 1 unspecified atom stereocenters. The van der Waals surface area contributed by atoms with E-state index in [9.17, 15) is 4.79 Å². The number of nitrogens with one attached hydrogen (secondary N) is 1. The Bertz CT molecular complexity index is 410. The molecule has 2 heterocycles. The summed E-state index contributed by atoms with van der Waals surface area (Å²) in [4.78, 5) is 13.9. The number of rotatable bonds is 3. The van der Waals surface area contributed by atoms with E-state index in [0.717, 1.165) is 18.5 Å². The first kappa shape index (κ1) is 11.9. The Hall–Kier alpha value is -1.56. The van der Waals surface area contributed by atoms with Crippen LogP contribution < -0.4 is 5.73 Å². The highest BCUT2D eigenvalue weighted by Crippen LogP contribution is 2.19. The van der Waals surface area contributed by atoms with Crippen molar-refractivity contribution in [3.05, 3.63) is 11.4 Å². The molecule has 0 saturated carbocycles. The summed E-state index contributed by atoms with van der Waals surface area (Å²) in [6.45, 7) is 3.26. The summed E-state index contributed by atoms with van der Waals surface area (Å²) in [6.07, 6.45) is 1.61. The average Bonchev–Trinajstić information content (AvgIpc) is 2.96. The van der Waals surface area contributed by atoms with Gasteiger partial charge in [0.2, 0.25) is 0 Å². The molecule has 1 atom stereocenters. The number of H-pyrrole nitrogens is 1. The van der Waals surface area contributed by atoms with Gasteiger partial charge in [-0.2, -0.15) is 5.10 Å². The normalized spacial score (nSPS) is 19.5. The largest absolute Gasteiger partial charge is 0.395 e. The Morgan fingerprint density at radius 2 is 2.47 bits per heavy atom. The number of carbonyl (C=O) groups is 1. The number of hydrogen-bond acceptors (Lipinski definition) is 4. The highest BCUT2D eigenvalue weighted by atomic mass is 16.5. The number of amides is 1. The molecule has 1 fully saturated rings. The van der Waals surface area contributed by atoms with Gasteiger partial charge < -0.3 is 15.4 Å². The Morgan fingerprint density at radius 1 is 1.71 bits per heavy atom. The second kappa shape index (κ2) is 4.75. The minimum atomic E-state index is -0.144. The van der Waals surface area contributed by atoms with Gasteiger partial charge in [-0.1, -0.05) is 6.92 Å². The molecule has 1 aliphatic heterocycles. The van der Waals surface area contributed by atoms with Gasteiger partial charge in [-0.15, -0.1) is 0 Å². The number of carbonyl (C=O) groups excluding carboxylic acids is 1. The minimum Gasteiger partial charge on any atom is -0.395 e. The smallest absolute Gasteiger partial charge is 0.276 e. The minimum absolute atomic E-state index is 0.128. The summed E-state index contributed by atoms with van der Waals surface area (Å²) in [7, 11) is 1.77. The van der Waals surface area contributed by atoms with Crippen LogP contribution >= 0.6 is 0 Å². The predicted molar refractivity (Wildman–Crippen MR) is 63.7 cm³/mol. The van der Waals surface area contributed by atoms with Crippen LogP contribution in [0.1, 0.15) is 29.5 Å². The molecule has 2 rings (SSSR count). The van der Waals surface area contributed by atoms with Crippen molar-refractivity contribution >= 4 is 11.6 Å². The van der Waals surface area contributed by atoms with Gasteiger partial charge in [-0.05, 0) is 12.8 Å². The Kier molecular flexibility index (Phi) is 3.33. The molecule has 17 heavy (non-hydrogen) atoms. The number of nitrogens with zero attached hydrogens (tertiary/aromatic N) is 2. The van der Waals surface area contributed by atoms with Crippen LogP contribution in [0.5, 0.6) is 0 Å². The molecule has 0 radical (unpaired) electrons. The van der Waals surface area contributed by atoms with Gasteiger partial charge in [0.1, 0.15) is 0 Å². The maximum absolute atomic E-state index is 12.2. The van der Waals surface area contributed by atoms with E-state index in [1.165, 1.54) is 0 Å². The van der Waals surface area contributed by atoms with Gasteiger partial charge in [0, 0.05) is 13.7 Å². The maximum atomic E-state index is 12.2. The standard InChI is InChI=1S/C11H18N4O2/c1-3-8-9(12)10(14-13-8)11(16)15(2)7-4-5-17-6-7/h7H,3-6,12H2,1-2H3,(H,13,14). The lowest BCUT2D eigenvalue weighted by Crippen LogP contribution is -2.37. The summed E-state index contributed by atoms with van der Waals surface area (Å²) in [5, 5.41) is 6.79. The molecule has 3 N–H and O–H groups in total. The molecule has 1 aromatic heterocycles. The van der Waals surface area contributed by atoms with Crippen molar-refractivity contribution < 1.29 is 9.53 Å². The zero-order valence-electron chi connectivity index (χ0n) is 10.2. The molecule has 0 aliphatic carbocycles. The number of likely N-dealkylation sites (N-methyl/N-ethyl adjacent to an activating group) is 1. The summed E-state index contributed by atoms with van der Waals surface area (Å²) in [5.74, 6) is -0.144. The van der Waals surface area contributed by atoms with Crippen LogP contribution in [0.2, 0.25) is 0 Å². The van der Waals surface area contributed by atoms with E-state index in [-0.39, 0.29) is 11.9 Å². The van der Waals surface area contributed by atoms with Crippen molar-refractivity contribution in [2.24, 2.45) is 0 Å². The Labute approximate surface area is 100 Å². The molecule has 94 valence electrons. The van der Waals surface area contributed by atoms with Crippen LogP contribution in [-0.2, 0) is 11.2 Å². The Balaban J connectivity index is 2.15. The number of aromatic nitrogens is 2. The van der Waals surface area contributed by atoms with Gasteiger partial charge in [0.25, 0.3) is 5.91 Å². The van der Waals surface area contributed by atoms with Crippen molar-refractivity contribution in [3.63, 3.8) is 0 Å². The first-order valence-electron chi connectivity index (χ1n) is 5.82. The zero-order chi connectivity index (χ0) is 12.4. The molecule has 0 aromatic carbocycles. The average molecular weight is 238 g/mol. The molecule has 6 nitrogen and oxygen atoms in total. The second-order valence-electron chi connectivity index (χ2n) is 4.25. The first-order valence-corrected chi connectivity index (χ1v) is 5.82. The second-order valence-corrected chi connectivity index (χ2v) is 4.25. The number of nitrogens with two attached hydrogens (primary N) is 1. The number of ether oxygens (including phenoxy) is 1. The van der Waals surface area contributed by atoms with Crippen molar-refractivity contribution in [2.75, 3.05) is 26.0 Å². The molecule has 6 heteroatoms. The van der Waals surface area contributed by atoms with Crippen molar-refractivity contribution in [1.82, 2.24) is 15.1 Å². The van der Waals surface area contributed by atoms with E-state index in [2.05, 4.69) is 10.2 Å². The lowest BCUT2D eigenvalue weighted by Gasteiger charge is -2.22. The van der Waals surface area contributed by atoms with Crippen molar-refractivity contribution in [1.29, 1.82) is 0 Å². The van der Waals surface area contributed by atoms with Crippen LogP contribution in [0.3, 0.4) is 0 Å². The number of nitrogen functional groups attached to an aromatic ring is 1. The van der Waals surface area contributed by atoms with E-state index in [0.29, 0.717) is 24.6 Å². The number of aromatic amines is 1. The lowest BCUT2D eigenvalue weighted by molar-refractivity contribution is 0.0706. The molecule has 0 spiro atoms.